The maximum absolute atomic E-state index is 13.4. The highest BCUT2D eigenvalue weighted by atomic mass is 19.4. The Bertz CT molecular complexity index is 1250. The molecule has 9 heteroatoms. The summed E-state index contributed by atoms with van der Waals surface area (Å²) in [5, 5.41) is 2.77. The van der Waals surface area contributed by atoms with Crippen LogP contribution >= 0.6 is 0 Å². The zero-order chi connectivity index (χ0) is 23.6. The number of pyridine rings is 1. The van der Waals surface area contributed by atoms with Gasteiger partial charge in [0.2, 0.25) is 5.91 Å². The molecule has 0 aliphatic carbocycles. The minimum atomic E-state index is -4.53. The van der Waals surface area contributed by atoms with Crippen molar-refractivity contribution >= 4 is 16.9 Å². The quantitative estimate of drug-likeness (QED) is 0.410. The van der Waals surface area contributed by atoms with Crippen molar-refractivity contribution in [3.05, 3.63) is 95.1 Å². The molecule has 6 nitrogen and oxygen atoms in total. The summed E-state index contributed by atoms with van der Waals surface area (Å²) in [5.41, 5.74) is 8.72. The van der Waals surface area contributed by atoms with Crippen molar-refractivity contribution in [1.82, 2.24) is 20.3 Å². The van der Waals surface area contributed by atoms with E-state index in [9.17, 15) is 18.0 Å². The number of nitrogens with two attached hydrogens (primary N) is 1. The number of carbonyl (C=O) groups is 1. The van der Waals surface area contributed by atoms with Gasteiger partial charge in [0, 0.05) is 18.4 Å². The number of carbonyl (C=O) groups excluding carboxylic acids is 1. The van der Waals surface area contributed by atoms with Crippen LogP contribution < -0.4 is 11.1 Å². The predicted molar refractivity (Wildman–Crippen MR) is 118 cm³/mol. The maximum Gasteiger partial charge on any atom is 0.416 e. The first-order valence-corrected chi connectivity index (χ1v) is 10.3. The number of alkyl halides is 3. The predicted octanol–water partition coefficient (Wildman–Crippen LogP) is 4.06. The van der Waals surface area contributed by atoms with Gasteiger partial charge in [-0.2, -0.15) is 13.2 Å². The van der Waals surface area contributed by atoms with Gasteiger partial charge < -0.3 is 16.0 Å². The van der Waals surface area contributed by atoms with Crippen LogP contribution in [0.2, 0.25) is 0 Å². The molecule has 0 saturated carbocycles. The number of aryl methyl sites for hydroxylation is 1. The third kappa shape index (κ3) is 5.04. The lowest BCUT2D eigenvalue weighted by Crippen LogP contribution is -2.45. The number of hydrogen-bond donors (Lipinski definition) is 3. The number of aromatic nitrogens is 3. The summed E-state index contributed by atoms with van der Waals surface area (Å²) in [7, 11) is 0. The Morgan fingerprint density at radius 3 is 2.64 bits per heavy atom. The van der Waals surface area contributed by atoms with Crippen LogP contribution in [0.3, 0.4) is 0 Å². The number of hydrogen-bond acceptors (Lipinski definition) is 4. The number of halogens is 3. The molecular weight excluding hydrogens is 431 g/mol. The van der Waals surface area contributed by atoms with Crippen LogP contribution in [-0.2, 0) is 17.5 Å². The molecule has 2 atom stereocenters. The fourth-order valence-electron chi connectivity index (χ4n) is 3.74. The number of aromatic amines is 1. The lowest BCUT2D eigenvalue weighted by Gasteiger charge is -2.23. The molecule has 0 spiro atoms. The second-order valence-corrected chi connectivity index (χ2v) is 7.79. The largest absolute Gasteiger partial charge is 0.416 e. The van der Waals surface area contributed by atoms with E-state index in [2.05, 4.69) is 20.3 Å². The summed E-state index contributed by atoms with van der Waals surface area (Å²) < 4.78 is 40.1. The molecular formula is C24H22F3N5O. The molecule has 170 valence electrons. The molecule has 0 aliphatic rings. The number of rotatable bonds is 6. The van der Waals surface area contributed by atoms with E-state index < -0.39 is 29.6 Å². The lowest BCUT2D eigenvalue weighted by molar-refractivity contribution is -0.137. The molecule has 2 unspecified atom stereocenters. The Morgan fingerprint density at radius 1 is 1.12 bits per heavy atom. The monoisotopic (exact) mass is 453 g/mol. The van der Waals surface area contributed by atoms with Gasteiger partial charge in [-0.3, -0.25) is 9.78 Å². The SMILES string of the molecule is Cc1cc(CNC(=O)C(N)C(c2cccc(C(F)(F)F)c2)c2nc3ccccc3[nH]2)ccn1. The second kappa shape index (κ2) is 9.03. The number of nitrogens with zero attached hydrogens (tertiary/aromatic N) is 2. The summed E-state index contributed by atoms with van der Waals surface area (Å²) in [6.45, 7) is 2.05. The van der Waals surface area contributed by atoms with Crippen LogP contribution in [0.1, 0.15) is 34.1 Å². The summed E-state index contributed by atoms with van der Waals surface area (Å²) in [5.74, 6) is -1.11. The minimum absolute atomic E-state index is 0.214. The van der Waals surface area contributed by atoms with Crippen LogP contribution in [0.4, 0.5) is 13.2 Å². The van der Waals surface area contributed by atoms with E-state index in [1.54, 1.807) is 30.5 Å². The highest BCUT2D eigenvalue weighted by Crippen LogP contribution is 2.34. The number of H-pyrrole nitrogens is 1. The minimum Gasteiger partial charge on any atom is -0.351 e. The molecule has 0 fully saturated rings. The van der Waals surface area contributed by atoms with Gasteiger partial charge in [0.25, 0.3) is 0 Å². The Labute approximate surface area is 188 Å². The van der Waals surface area contributed by atoms with Gasteiger partial charge in [-0.1, -0.05) is 30.3 Å². The van der Waals surface area contributed by atoms with E-state index in [0.717, 1.165) is 23.4 Å². The Balaban J connectivity index is 1.68. The van der Waals surface area contributed by atoms with E-state index in [-0.39, 0.29) is 12.1 Å². The van der Waals surface area contributed by atoms with Crippen molar-refractivity contribution in [2.45, 2.75) is 31.6 Å². The number of imidazole rings is 1. The first-order valence-electron chi connectivity index (χ1n) is 10.3. The number of fused-ring (bicyclic) bond motifs is 1. The van der Waals surface area contributed by atoms with Gasteiger partial charge >= 0.3 is 6.18 Å². The van der Waals surface area contributed by atoms with Gasteiger partial charge in [-0.05, 0) is 48.4 Å². The van der Waals surface area contributed by atoms with Gasteiger partial charge in [0.1, 0.15) is 5.82 Å². The fourth-order valence-corrected chi connectivity index (χ4v) is 3.74. The third-order valence-corrected chi connectivity index (χ3v) is 5.37. The molecule has 0 radical (unpaired) electrons. The molecule has 0 aliphatic heterocycles. The van der Waals surface area contributed by atoms with Crippen molar-refractivity contribution in [3.8, 4) is 0 Å². The molecule has 0 bridgehead atoms. The molecule has 2 heterocycles. The third-order valence-electron chi connectivity index (χ3n) is 5.37. The maximum atomic E-state index is 13.4. The van der Waals surface area contributed by atoms with Crippen molar-refractivity contribution in [3.63, 3.8) is 0 Å². The molecule has 1 amide bonds. The van der Waals surface area contributed by atoms with Crippen LogP contribution in [0.5, 0.6) is 0 Å². The van der Waals surface area contributed by atoms with Gasteiger partial charge in [0.05, 0.1) is 28.6 Å². The summed E-state index contributed by atoms with van der Waals surface area (Å²) in [4.78, 5) is 24.7. The first kappa shape index (κ1) is 22.5. The topological polar surface area (TPSA) is 96.7 Å². The van der Waals surface area contributed by atoms with Gasteiger partial charge in [0.15, 0.2) is 0 Å². The smallest absolute Gasteiger partial charge is 0.351 e. The van der Waals surface area contributed by atoms with Crippen molar-refractivity contribution in [2.75, 3.05) is 0 Å². The molecule has 4 rings (SSSR count). The Morgan fingerprint density at radius 2 is 1.91 bits per heavy atom. The number of amides is 1. The zero-order valence-corrected chi connectivity index (χ0v) is 17.7. The molecule has 4 N–H and O–H groups in total. The molecule has 0 saturated heterocycles. The number of para-hydroxylation sites is 2. The lowest BCUT2D eigenvalue weighted by atomic mass is 9.89. The zero-order valence-electron chi connectivity index (χ0n) is 17.7. The summed E-state index contributed by atoms with van der Waals surface area (Å²) >= 11 is 0. The van der Waals surface area contributed by atoms with Crippen molar-refractivity contribution in [2.24, 2.45) is 5.73 Å². The van der Waals surface area contributed by atoms with Crippen LogP contribution in [0.25, 0.3) is 11.0 Å². The summed E-state index contributed by atoms with van der Waals surface area (Å²) in [6.07, 6.45) is -2.89. The Kier molecular flexibility index (Phi) is 6.15. The molecule has 33 heavy (non-hydrogen) atoms. The Hall–Kier alpha value is -3.72. The average molecular weight is 453 g/mol. The second-order valence-electron chi connectivity index (χ2n) is 7.79. The number of nitrogens with one attached hydrogen (secondary N) is 2. The van der Waals surface area contributed by atoms with Gasteiger partial charge in [-0.15, -0.1) is 0 Å². The standard InChI is InChI=1S/C24H22F3N5O/c1-14-11-15(9-10-29-14)13-30-23(33)21(28)20(16-5-4-6-17(12-16)24(25,26)27)22-31-18-7-2-3-8-19(18)32-22/h2-12,20-21H,13,28H2,1H3,(H,30,33)(H,31,32). The molecule has 4 aromatic rings. The number of benzene rings is 2. The fraction of sp³-hybridized carbons (Fsp3) is 0.208. The van der Waals surface area contributed by atoms with E-state index in [0.29, 0.717) is 16.9 Å². The van der Waals surface area contributed by atoms with Crippen LogP contribution in [0.15, 0.2) is 66.9 Å². The molecule has 2 aromatic heterocycles. The highest BCUT2D eigenvalue weighted by molar-refractivity contribution is 5.83. The van der Waals surface area contributed by atoms with Gasteiger partial charge in [-0.25, -0.2) is 4.98 Å². The van der Waals surface area contributed by atoms with Crippen molar-refractivity contribution < 1.29 is 18.0 Å². The average Bonchev–Trinajstić information content (AvgIpc) is 3.21. The summed E-state index contributed by atoms with van der Waals surface area (Å²) in [6, 6.07) is 14.4. The normalized spacial score (nSPS) is 13.6. The van der Waals surface area contributed by atoms with Crippen LogP contribution in [0, 0.1) is 6.92 Å². The van der Waals surface area contributed by atoms with E-state index in [1.165, 1.54) is 12.1 Å². The molecule has 2 aromatic carbocycles. The van der Waals surface area contributed by atoms with Crippen molar-refractivity contribution in [1.29, 1.82) is 0 Å². The first-order chi connectivity index (χ1) is 15.7. The van der Waals surface area contributed by atoms with E-state index in [4.69, 9.17) is 5.73 Å². The van der Waals surface area contributed by atoms with E-state index in [1.807, 2.05) is 19.1 Å². The van der Waals surface area contributed by atoms with E-state index >= 15 is 0 Å². The highest BCUT2D eigenvalue weighted by Gasteiger charge is 2.34. The van der Waals surface area contributed by atoms with Crippen LogP contribution in [-0.4, -0.2) is 26.9 Å².